The Morgan fingerprint density at radius 1 is 0.929 bits per heavy atom. The fourth-order valence-corrected chi connectivity index (χ4v) is 4.82. The number of hydrogen-bond donors (Lipinski definition) is 0. The van der Waals surface area contributed by atoms with Gasteiger partial charge in [-0.2, -0.15) is 0 Å². The van der Waals surface area contributed by atoms with Crippen LogP contribution >= 0.6 is 0 Å². The first-order chi connectivity index (χ1) is 13.7. The minimum absolute atomic E-state index is 0.0149. The molecule has 0 aromatic heterocycles. The molecule has 0 N–H and O–H groups in total. The maximum atomic E-state index is 14.7. The third-order valence-electron chi connectivity index (χ3n) is 6.85. The Bertz CT molecular complexity index is 572. The van der Waals surface area contributed by atoms with E-state index in [-0.39, 0.29) is 12.1 Å². The van der Waals surface area contributed by atoms with E-state index in [0.29, 0.717) is 11.8 Å². The second kappa shape index (κ2) is 11.3. The highest BCUT2D eigenvalue weighted by Gasteiger charge is 2.24. The summed E-state index contributed by atoms with van der Waals surface area (Å²) in [6.07, 6.45) is 12.5. The molecule has 1 heterocycles. The van der Waals surface area contributed by atoms with E-state index in [4.69, 9.17) is 9.47 Å². The molecule has 1 aliphatic carbocycles. The lowest BCUT2D eigenvalue weighted by molar-refractivity contribution is -0.203. The number of ether oxygens (including phenoxy) is 2. The highest BCUT2D eigenvalue weighted by atomic mass is 19.1. The Morgan fingerprint density at radius 2 is 1.68 bits per heavy atom. The van der Waals surface area contributed by atoms with Crippen LogP contribution in [-0.2, 0) is 15.9 Å². The van der Waals surface area contributed by atoms with Gasteiger partial charge in [0.2, 0.25) is 0 Å². The summed E-state index contributed by atoms with van der Waals surface area (Å²) >= 11 is 0. The van der Waals surface area contributed by atoms with Crippen molar-refractivity contribution in [1.82, 2.24) is 0 Å². The number of unbranched alkanes of at least 4 members (excludes halogenated alkanes) is 2. The van der Waals surface area contributed by atoms with Crippen LogP contribution in [0.3, 0.4) is 0 Å². The maximum absolute atomic E-state index is 14.7. The van der Waals surface area contributed by atoms with Crippen molar-refractivity contribution in [3.8, 4) is 0 Å². The molecule has 1 aromatic carbocycles. The van der Waals surface area contributed by atoms with Crippen LogP contribution in [-0.4, -0.2) is 19.5 Å². The molecule has 28 heavy (non-hydrogen) atoms. The molecular weight excluding hydrogens is 351 g/mol. The fraction of sp³-hybridized carbons (Fsp3) is 0.760. The van der Waals surface area contributed by atoms with E-state index in [1.54, 1.807) is 6.07 Å². The second-order valence-electron chi connectivity index (χ2n) is 8.98. The molecule has 1 saturated heterocycles. The van der Waals surface area contributed by atoms with E-state index in [2.05, 4.69) is 19.9 Å². The molecule has 0 atom stereocenters. The van der Waals surface area contributed by atoms with Crippen LogP contribution in [0.5, 0.6) is 0 Å². The highest BCUT2D eigenvalue weighted by Crippen LogP contribution is 2.38. The SMILES string of the molecule is CCCCCC1COC(CCc2ccc([C@H]3CC[C@H](CC)CC3)c(F)c2)OC1. The number of hydrogen-bond acceptors (Lipinski definition) is 2. The molecule has 1 aromatic rings. The van der Waals surface area contributed by atoms with E-state index in [1.807, 2.05) is 6.07 Å². The zero-order valence-corrected chi connectivity index (χ0v) is 17.9. The van der Waals surface area contributed by atoms with Gasteiger partial charge in [-0.25, -0.2) is 4.39 Å². The quantitative estimate of drug-likeness (QED) is 0.422. The molecule has 2 fully saturated rings. The molecular formula is C25H39FO2. The normalized spacial score (nSPS) is 28.4. The molecule has 3 heteroatoms. The van der Waals surface area contributed by atoms with Gasteiger partial charge in [-0.05, 0) is 67.6 Å². The largest absolute Gasteiger partial charge is 0.352 e. The maximum Gasteiger partial charge on any atom is 0.157 e. The van der Waals surface area contributed by atoms with Crippen molar-refractivity contribution in [3.05, 3.63) is 35.1 Å². The van der Waals surface area contributed by atoms with Crippen molar-refractivity contribution in [1.29, 1.82) is 0 Å². The predicted octanol–water partition coefficient (Wildman–Crippen LogP) is 7.01. The Morgan fingerprint density at radius 3 is 2.32 bits per heavy atom. The average molecular weight is 391 g/mol. The van der Waals surface area contributed by atoms with Crippen LogP contribution in [0.4, 0.5) is 4.39 Å². The number of rotatable bonds is 9. The molecule has 2 nitrogen and oxygen atoms in total. The van der Waals surface area contributed by atoms with E-state index in [0.717, 1.165) is 55.9 Å². The van der Waals surface area contributed by atoms with Gasteiger partial charge in [-0.15, -0.1) is 0 Å². The van der Waals surface area contributed by atoms with Crippen molar-refractivity contribution in [2.24, 2.45) is 11.8 Å². The van der Waals surface area contributed by atoms with Crippen LogP contribution in [0.2, 0.25) is 0 Å². The summed E-state index contributed by atoms with van der Waals surface area (Å²) in [5.41, 5.74) is 1.99. The lowest BCUT2D eigenvalue weighted by atomic mass is 9.77. The topological polar surface area (TPSA) is 18.5 Å². The highest BCUT2D eigenvalue weighted by molar-refractivity contribution is 5.28. The van der Waals surface area contributed by atoms with Crippen molar-refractivity contribution in [3.63, 3.8) is 0 Å². The third-order valence-corrected chi connectivity index (χ3v) is 6.85. The van der Waals surface area contributed by atoms with Gasteiger partial charge in [-0.1, -0.05) is 51.7 Å². The first kappa shape index (κ1) is 21.8. The molecule has 0 radical (unpaired) electrons. The molecule has 0 spiro atoms. The first-order valence-corrected chi connectivity index (χ1v) is 11.7. The Hall–Kier alpha value is -0.930. The summed E-state index contributed by atoms with van der Waals surface area (Å²) in [6.45, 7) is 6.12. The minimum Gasteiger partial charge on any atom is -0.352 e. The molecule has 1 saturated carbocycles. The van der Waals surface area contributed by atoms with Crippen LogP contribution in [0.25, 0.3) is 0 Å². The Kier molecular flexibility index (Phi) is 8.79. The predicted molar refractivity (Wildman–Crippen MR) is 113 cm³/mol. The fourth-order valence-electron chi connectivity index (χ4n) is 4.82. The summed E-state index contributed by atoms with van der Waals surface area (Å²) in [6, 6.07) is 5.90. The summed E-state index contributed by atoms with van der Waals surface area (Å²) in [4.78, 5) is 0. The number of halogens is 1. The number of aryl methyl sites for hydroxylation is 1. The van der Waals surface area contributed by atoms with E-state index < -0.39 is 0 Å². The average Bonchev–Trinajstić information content (AvgIpc) is 2.73. The smallest absolute Gasteiger partial charge is 0.157 e. The summed E-state index contributed by atoms with van der Waals surface area (Å²) in [5, 5.41) is 0. The van der Waals surface area contributed by atoms with Crippen LogP contribution in [0.1, 0.15) is 95.1 Å². The van der Waals surface area contributed by atoms with Gasteiger partial charge in [0, 0.05) is 12.3 Å². The van der Waals surface area contributed by atoms with Crippen LogP contribution < -0.4 is 0 Å². The Balaban J connectivity index is 1.42. The van der Waals surface area contributed by atoms with Crippen molar-refractivity contribution < 1.29 is 13.9 Å². The van der Waals surface area contributed by atoms with Crippen molar-refractivity contribution in [2.45, 2.75) is 96.7 Å². The standard InChI is InChI=1S/C25H39FO2/c1-3-5-6-7-21-17-27-25(28-18-21)15-11-20-10-14-23(24(26)16-20)22-12-8-19(4-2)9-13-22/h10,14,16,19,21-22,25H,3-9,11-13,15,17-18H2,1-2H3/t19-,21?,22-,25?. The third kappa shape index (κ3) is 6.29. The van der Waals surface area contributed by atoms with E-state index in [9.17, 15) is 4.39 Å². The Labute approximate surface area is 171 Å². The molecule has 0 bridgehead atoms. The molecule has 0 unspecified atom stereocenters. The molecule has 1 aliphatic heterocycles. The van der Waals surface area contributed by atoms with Crippen LogP contribution in [0, 0.1) is 17.7 Å². The molecule has 158 valence electrons. The van der Waals surface area contributed by atoms with Gasteiger partial charge >= 0.3 is 0 Å². The monoisotopic (exact) mass is 390 g/mol. The molecule has 0 amide bonds. The van der Waals surface area contributed by atoms with Gasteiger partial charge in [0.15, 0.2) is 6.29 Å². The van der Waals surface area contributed by atoms with Gasteiger partial charge in [0.25, 0.3) is 0 Å². The summed E-state index contributed by atoms with van der Waals surface area (Å²) in [7, 11) is 0. The van der Waals surface area contributed by atoms with Crippen molar-refractivity contribution in [2.75, 3.05) is 13.2 Å². The van der Waals surface area contributed by atoms with Crippen molar-refractivity contribution >= 4 is 0 Å². The second-order valence-corrected chi connectivity index (χ2v) is 8.98. The van der Waals surface area contributed by atoms with E-state index >= 15 is 0 Å². The zero-order valence-electron chi connectivity index (χ0n) is 17.9. The zero-order chi connectivity index (χ0) is 19.8. The van der Waals surface area contributed by atoms with Gasteiger partial charge in [0.1, 0.15) is 5.82 Å². The van der Waals surface area contributed by atoms with E-state index in [1.165, 1.54) is 44.9 Å². The van der Waals surface area contributed by atoms with Gasteiger partial charge < -0.3 is 9.47 Å². The molecule has 2 aliphatic rings. The lowest BCUT2D eigenvalue weighted by Gasteiger charge is -2.30. The van der Waals surface area contributed by atoms with Gasteiger partial charge in [-0.3, -0.25) is 0 Å². The lowest BCUT2D eigenvalue weighted by Crippen LogP contribution is -2.32. The first-order valence-electron chi connectivity index (χ1n) is 11.7. The minimum atomic E-state index is -0.130. The van der Waals surface area contributed by atoms with Gasteiger partial charge in [0.05, 0.1) is 13.2 Å². The molecule has 3 rings (SSSR count). The summed E-state index contributed by atoms with van der Waals surface area (Å²) in [5.74, 6) is 1.79. The number of benzene rings is 1. The summed E-state index contributed by atoms with van der Waals surface area (Å²) < 4.78 is 26.5. The van der Waals surface area contributed by atoms with Crippen LogP contribution in [0.15, 0.2) is 18.2 Å².